The Bertz CT molecular complexity index is 926. The van der Waals surface area contributed by atoms with E-state index < -0.39 is 5.25 Å². The number of nitrogens with two attached hydrogens (primary N) is 1. The van der Waals surface area contributed by atoms with Crippen molar-refractivity contribution < 1.29 is 4.79 Å². The van der Waals surface area contributed by atoms with Crippen molar-refractivity contribution in [3.8, 4) is 11.4 Å². The van der Waals surface area contributed by atoms with Gasteiger partial charge in [0.15, 0.2) is 5.82 Å². The van der Waals surface area contributed by atoms with Gasteiger partial charge in [0.1, 0.15) is 0 Å². The second-order valence-electron chi connectivity index (χ2n) is 5.80. The topological polar surface area (TPSA) is 85.8 Å². The van der Waals surface area contributed by atoms with Gasteiger partial charge in [-0.1, -0.05) is 59.3 Å². The molecule has 1 heterocycles. The number of hydrogen-bond donors (Lipinski definition) is 2. The third-order valence-electron chi connectivity index (χ3n) is 3.72. The summed E-state index contributed by atoms with van der Waals surface area (Å²) < 4.78 is 1.40. The number of hydrogen-bond acceptors (Lipinski definition) is 5. The smallest absolute Gasteiger partial charge is 0.237 e. The molecule has 0 bridgehead atoms. The van der Waals surface area contributed by atoms with Gasteiger partial charge in [-0.3, -0.25) is 4.79 Å². The first-order chi connectivity index (χ1) is 12.4. The lowest BCUT2D eigenvalue weighted by molar-refractivity contribution is -0.115. The van der Waals surface area contributed by atoms with Crippen molar-refractivity contribution in [1.29, 1.82) is 0 Å². The van der Waals surface area contributed by atoms with E-state index in [-0.39, 0.29) is 5.91 Å². The lowest BCUT2D eigenvalue weighted by Crippen LogP contribution is -2.23. The number of nitrogen functional groups attached to an aromatic ring is 1. The summed E-state index contributed by atoms with van der Waals surface area (Å²) in [7, 11) is 0. The van der Waals surface area contributed by atoms with Crippen molar-refractivity contribution in [2.24, 2.45) is 0 Å². The maximum atomic E-state index is 12.4. The Balaban J connectivity index is 1.70. The molecule has 0 spiro atoms. The van der Waals surface area contributed by atoms with Gasteiger partial charge in [-0.25, -0.2) is 4.68 Å². The number of nitrogens with zero attached hydrogens (tertiary/aromatic N) is 3. The molecule has 0 radical (unpaired) electrons. The van der Waals surface area contributed by atoms with E-state index in [9.17, 15) is 4.79 Å². The number of nitrogens with one attached hydrogen (secondary N) is 1. The number of carbonyl (C=O) groups is 1. The van der Waals surface area contributed by atoms with Crippen LogP contribution in [-0.4, -0.2) is 26.0 Å². The summed E-state index contributed by atoms with van der Waals surface area (Å²) in [5, 5.41) is 11.7. The molecule has 0 saturated heterocycles. The standard InChI is InChI=1S/C18H18ClN5OS/c1-11-6-8-13(9-7-11)16-22-23-18(24(16)20)26-12(2)17(25)21-15-5-3-4-14(19)10-15/h3-10,12H,20H2,1-2H3,(H,21,25)/t12-/m1/s1. The van der Waals surface area contributed by atoms with Crippen molar-refractivity contribution in [2.75, 3.05) is 11.2 Å². The Morgan fingerprint density at radius 2 is 1.96 bits per heavy atom. The van der Waals surface area contributed by atoms with Crippen LogP contribution in [0.1, 0.15) is 12.5 Å². The molecule has 134 valence electrons. The summed E-state index contributed by atoms with van der Waals surface area (Å²) in [6, 6.07) is 14.8. The quantitative estimate of drug-likeness (QED) is 0.514. The third kappa shape index (κ3) is 4.17. The minimum absolute atomic E-state index is 0.169. The number of benzene rings is 2. The summed E-state index contributed by atoms with van der Waals surface area (Å²) in [5.74, 6) is 6.50. The van der Waals surface area contributed by atoms with Crippen LogP contribution in [-0.2, 0) is 4.79 Å². The number of amides is 1. The molecule has 6 nitrogen and oxygen atoms in total. The van der Waals surface area contributed by atoms with Crippen LogP contribution in [0.15, 0.2) is 53.7 Å². The minimum atomic E-state index is -0.411. The monoisotopic (exact) mass is 387 g/mol. The average molecular weight is 388 g/mol. The highest BCUT2D eigenvalue weighted by molar-refractivity contribution is 8.00. The van der Waals surface area contributed by atoms with Gasteiger partial charge in [0.25, 0.3) is 0 Å². The molecule has 26 heavy (non-hydrogen) atoms. The van der Waals surface area contributed by atoms with E-state index in [1.165, 1.54) is 16.4 Å². The van der Waals surface area contributed by atoms with Gasteiger partial charge in [0, 0.05) is 16.3 Å². The predicted molar refractivity (Wildman–Crippen MR) is 106 cm³/mol. The van der Waals surface area contributed by atoms with Crippen molar-refractivity contribution in [3.63, 3.8) is 0 Å². The van der Waals surface area contributed by atoms with Crippen LogP contribution in [0, 0.1) is 6.92 Å². The van der Waals surface area contributed by atoms with Crippen LogP contribution in [0.2, 0.25) is 5.02 Å². The number of aromatic nitrogens is 3. The van der Waals surface area contributed by atoms with Gasteiger partial charge in [-0.2, -0.15) is 0 Å². The molecular formula is C18H18ClN5OS. The fourth-order valence-electron chi connectivity index (χ4n) is 2.28. The number of rotatable bonds is 5. The molecule has 0 aliphatic carbocycles. The van der Waals surface area contributed by atoms with Gasteiger partial charge < -0.3 is 11.2 Å². The zero-order valence-corrected chi connectivity index (χ0v) is 15.9. The molecule has 0 aliphatic heterocycles. The normalized spacial score (nSPS) is 12.0. The minimum Gasteiger partial charge on any atom is -0.335 e. The Hall–Kier alpha value is -2.51. The molecule has 2 aromatic carbocycles. The fraction of sp³-hybridized carbons (Fsp3) is 0.167. The molecule has 3 aromatic rings. The molecule has 8 heteroatoms. The Labute approximate surface area is 160 Å². The zero-order chi connectivity index (χ0) is 18.7. The second kappa shape index (κ2) is 7.80. The Morgan fingerprint density at radius 1 is 1.23 bits per heavy atom. The van der Waals surface area contributed by atoms with Gasteiger partial charge in [-0.05, 0) is 32.0 Å². The van der Waals surface area contributed by atoms with E-state index in [4.69, 9.17) is 17.4 Å². The summed E-state index contributed by atoms with van der Waals surface area (Å²) >= 11 is 7.17. The highest BCUT2D eigenvalue weighted by Gasteiger charge is 2.20. The van der Waals surface area contributed by atoms with Gasteiger partial charge in [0.2, 0.25) is 11.1 Å². The number of halogens is 1. The molecule has 0 unspecified atom stereocenters. The molecule has 0 fully saturated rings. The fourth-order valence-corrected chi connectivity index (χ4v) is 3.24. The molecule has 1 atom stereocenters. The van der Waals surface area contributed by atoms with Crippen LogP contribution >= 0.6 is 23.4 Å². The van der Waals surface area contributed by atoms with Gasteiger partial charge in [0.05, 0.1) is 5.25 Å². The molecule has 3 N–H and O–H groups in total. The summed E-state index contributed by atoms with van der Waals surface area (Å²) in [6.45, 7) is 3.79. The Morgan fingerprint density at radius 3 is 2.65 bits per heavy atom. The van der Waals surface area contributed by atoms with Crippen LogP contribution in [0.3, 0.4) is 0 Å². The van der Waals surface area contributed by atoms with Crippen LogP contribution in [0.25, 0.3) is 11.4 Å². The lowest BCUT2D eigenvalue weighted by atomic mass is 10.1. The molecule has 1 amide bonds. The lowest BCUT2D eigenvalue weighted by Gasteiger charge is -2.11. The molecule has 3 rings (SSSR count). The first-order valence-electron chi connectivity index (χ1n) is 7.94. The number of carbonyl (C=O) groups excluding carboxylic acids is 1. The van der Waals surface area contributed by atoms with E-state index in [1.54, 1.807) is 31.2 Å². The van der Waals surface area contributed by atoms with E-state index in [1.807, 2.05) is 31.2 Å². The number of thioether (sulfide) groups is 1. The first kappa shape index (κ1) is 18.3. The molecular weight excluding hydrogens is 370 g/mol. The van der Waals surface area contributed by atoms with Gasteiger partial charge >= 0.3 is 0 Å². The predicted octanol–water partition coefficient (Wildman–Crippen LogP) is 3.74. The van der Waals surface area contributed by atoms with Crippen LogP contribution in [0.4, 0.5) is 5.69 Å². The highest BCUT2D eigenvalue weighted by atomic mass is 35.5. The van der Waals surface area contributed by atoms with Gasteiger partial charge in [-0.15, -0.1) is 10.2 Å². The third-order valence-corrected chi connectivity index (χ3v) is 5.01. The zero-order valence-electron chi connectivity index (χ0n) is 14.3. The maximum Gasteiger partial charge on any atom is 0.237 e. The van der Waals surface area contributed by atoms with Crippen molar-refractivity contribution in [1.82, 2.24) is 14.9 Å². The van der Waals surface area contributed by atoms with Crippen molar-refractivity contribution in [3.05, 3.63) is 59.1 Å². The average Bonchev–Trinajstić information content (AvgIpc) is 2.96. The second-order valence-corrected chi connectivity index (χ2v) is 7.55. The van der Waals surface area contributed by atoms with Crippen LogP contribution < -0.4 is 11.2 Å². The number of aryl methyl sites for hydroxylation is 1. The summed E-state index contributed by atoms with van der Waals surface area (Å²) in [5.41, 5.74) is 2.66. The van der Waals surface area contributed by atoms with Crippen LogP contribution in [0.5, 0.6) is 0 Å². The highest BCUT2D eigenvalue weighted by Crippen LogP contribution is 2.26. The molecule has 1 aromatic heterocycles. The Kier molecular flexibility index (Phi) is 5.49. The maximum absolute atomic E-state index is 12.4. The largest absolute Gasteiger partial charge is 0.335 e. The van der Waals surface area contributed by atoms with E-state index in [2.05, 4.69) is 15.5 Å². The van der Waals surface area contributed by atoms with E-state index >= 15 is 0 Å². The summed E-state index contributed by atoms with van der Waals surface area (Å²) in [6.07, 6.45) is 0. The number of anilines is 1. The molecule has 0 saturated carbocycles. The van der Waals surface area contributed by atoms with Crippen molar-refractivity contribution >= 4 is 35.0 Å². The first-order valence-corrected chi connectivity index (χ1v) is 9.20. The summed E-state index contributed by atoms with van der Waals surface area (Å²) in [4.78, 5) is 12.4. The van der Waals surface area contributed by atoms with E-state index in [0.29, 0.717) is 21.7 Å². The molecule has 0 aliphatic rings. The van der Waals surface area contributed by atoms with E-state index in [0.717, 1.165) is 11.1 Å². The van der Waals surface area contributed by atoms with Crippen molar-refractivity contribution in [2.45, 2.75) is 24.3 Å². The SMILES string of the molecule is Cc1ccc(-c2nnc(S[C@H](C)C(=O)Nc3cccc(Cl)c3)n2N)cc1.